The van der Waals surface area contributed by atoms with Crippen LogP contribution in [0.4, 0.5) is 14.9 Å². The van der Waals surface area contributed by atoms with Crippen LogP contribution in [0.2, 0.25) is 0 Å². The standard InChI is InChI=1S/C17H18FN3O3/c1-10(11-6-7-15(24-2)14(18)9-11)20-16(22)12-4-3-5-13(8-12)21-17(19)23/h3-10H,1-2H3,(H,20,22)(H3,19,21,23)/t10-/m1/s1. The van der Waals surface area contributed by atoms with Gasteiger partial charge in [-0.15, -0.1) is 0 Å². The first kappa shape index (κ1) is 17.3. The highest BCUT2D eigenvalue weighted by atomic mass is 19.1. The molecule has 6 nitrogen and oxygen atoms in total. The molecule has 4 N–H and O–H groups in total. The predicted octanol–water partition coefficient (Wildman–Crippen LogP) is 2.82. The maximum Gasteiger partial charge on any atom is 0.316 e. The summed E-state index contributed by atoms with van der Waals surface area (Å²) in [5, 5.41) is 5.17. The van der Waals surface area contributed by atoms with Crippen molar-refractivity contribution in [3.63, 3.8) is 0 Å². The lowest BCUT2D eigenvalue weighted by atomic mass is 10.1. The van der Waals surface area contributed by atoms with Crippen molar-refractivity contribution >= 4 is 17.6 Å². The summed E-state index contributed by atoms with van der Waals surface area (Å²) < 4.78 is 18.6. The van der Waals surface area contributed by atoms with Crippen LogP contribution in [0.1, 0.15) is 28.9 Å². The number of urea groups is 1. The van der Waals surface area contributed by atoms with E-state index in [1.807, 2.05) is 0 Å². The number of amides is 3. The van der Waals surface area contributed by atoms with Crippen LogP contribution in [-0.4, -0.2) is 19.0 Å². The SMILES string of the molecule is COc1ccc([C@@H](C)NC(=O)c2cccc(NC(N)=O)c2)cc1F. The third-order valence-electron chi connectivity index (χ3n) is 3.42. The highest BCUT2D eigenvalue weighted by molar-refractivity contribution is 5.96. The van der Waals surface area contributed by atoms with E-state index in [9.17, 15) is 14.0 Å². The van der Waals surface area contributed by atoms with Crippen molar-refractivity contribution in [3.05, 3.63) is 59.4 Å². The molecule has 1 atom stereocenters. The second-order valence-electron chi connectivity index (χ2n) is 5.16. The maximum absolute atomic E-state index is 13.8. The summed E-state index contributed by atoms with van der Waals surface area (Å²) in [4.78, 5) is 23.2. The van der Waals surface area contributed by atoms with Crippen LogP contribution < -0.4 is 21.1 Å². The smallest absolute Gasteiger partial charge is 0.316 e. The minimum Gasteiger partial charge on any atom is -0.494 e. The van der Waals surface area contributed by atoms with Crippen molar-refractivity contribution in [3.8, 4) is 5.75 Å². The number of hydrogen-bond donors (Lipinski definition) is 3. The third kappa shape index (κ3) is 4.22. The minimum atomic E-state index is -0.713. The van der Waals surface area contributed by atoms with Gasteiger partial charge < -0.3 is 21.1 Å². The molecular formula is C17H18FN3O3. The van der Waals surface area contributed by atoms with Crippen LogP contribution in [0.25, 0.3) is 0 Å². The molecule has 7 heteroatoms. The molecule has 0 radical (unpaired) electrons. The minimum absolute atomic E-state index is 0.141. The van der Waals surface area contributed by atoms with Crippen molar-refractivity contribution in [1.29, 1.82) is 0 Å². The lowest BCUT2D eigenvalue weighted by molar-refractivity contribution is 0.0939. The van der Waals surface area contributed by atoms with Gasteiger partial charge in [-0.05, 0) is 42.8 Å². The fourth-order valence-electron chi connectivity index (χ4n) is 2.20. The van der Waals surface area contributed by atoms with E-state index in [0.29, 0.717) is 16.8 Å². The molecule has 0 bridgehead atoms. The fourth-order valence-corrected chi connectivity index (χ4v) is 2.20. The Hall–Kier alpha value is -3.09. The summed E-state index contributed by atoms with van der Waals surface area (Å²) in [5.41, 5.74) is 6.42. The van der Waals surface area contributed by atoms with Gasteiger partial charge in [-0.3, -0.25) is 4.79 Å². The Kier molecular flexibility index (Phi) is 5.36. The Morgan fingerprint density at radius 2 is 1.96 bits per heavy atom. The number of anilines is 1. The van der Waals surface area contributed by atoms with E-state index in [2.05, 4.69) is 10.6 Å². The summed E-state index contributed by atoms with van der Waals surface area (Å²) in [6, 6.07) is 9.71. The van der Waals surface area contributed by atoms with Crippen LogP contribution in [0.3, 0.4) is 0 Å². The first-order chi connectivity index (χ1) is 11.4. The molecule has 24 heavy (non-hydrogen) atoms. The van der Waals surface area contributed by atoms with E-state index in [1.54, 1.807) is 31.2 Å². The first-order valence-electron chi connectivity index (χ1n) is 7.21. The van der Waals surface area contributed by atoms with Crippen LogP contribution in [0, 0.1) is 5.82 Å². The van der Waals surface area contributed by atoms with Crippen molar-refractivity contribution in [2.75, 3.05) is 12.4 Å². The molecule has 0 aliphatic rings. The molecule has 2 rings (SSSR count). The Balaban J connectivity index is 2.11. The number of methoxy groups -OCH3 is 1. The number of nitrogens with one attached hydrogen (secondary N) is 2. The second kappa shape index (κ2) is 7.45. The van der Waals surface area contributed by atoms with Gasteiger partial charge >= 0.3 is 6.03 Å². The zero-order valence-electron chi connectivity index (χ0n) is 13.3. The van der Waals surface area contributed by atoms with Gasteiger partial charge in [0.1, 0.15) is 0 Å². The monoisotopic (exact) mass is 331 g/mol. The quantitative estimate of drug-likeness (QED) is 0.786. The number of rotatable bonds is 5. The molecule has 3 amide bonds. The highest BCUT2D eigenvalue weighted by Gasteiger charge is 2.14. The number of benzene rings is 2. The number of carbonyl (C=O) groups excluding carboxylic acids is 2. The molecule has 0 aromatic heterocycles. The predicted molar refractivity (Wildman–Crippen MR) is 88.5 cm³/mol. The Morgan fingerprint density at radius 1 is 1.21 bits per heavy atom. The van der Waals surface area contributed by atoms with Gasteiger partial charge in [-0.1, -0.05) is 12.1 Å². The van der Waals surface area contributed by atoms with Gasteiger partial charge in [0.05, 0.1) is 13.2 Å². The van der Waals surface area contributed by atoms with Gasteiger partial charge in [-0.2, -0.15) is 0 Å². The van der Waals surface area contributed by atoms with Gasteiger partial charge in [0, 0.05) is 11.3 Å². The van der Waals surface area contributed by atoms with Crippen LogP contribution in [0.15, 0.2) is 42.5 Å². The number of halogens is 1. The summed E-state index contributed by atoms with van der Waals surface area (Å²) in [5.74, 6) is -0.710. The third-order valence-corrected chi connectivity index (χ3v) is 3.42. The molecule has 0 unspecified atom stereocenters. The molecule has 0 spiro atoms. The topological polar surface area (TPSA) is 93.4 Å². The molecule has 0 aliphatic heterocycles. The molecular weight excluding hydrogens is 313 g/mol. The zero-order chi connectivity index (χ0) is 17.7. The molecule has 0 heterocycles. The summed E-state index contributed by atoms with van der Waals surface area (Å²) in [6.07, 6.45) is 0. The molecule has 126 valence electrons. The largest absolute Gasteiger partial charge is 0.494 e. The first-order valence-corrected chi connectivity index (χ1v) is 7.21. The van der Waals surface area contributed by atoms with Crippen molar-refractivity contribution < 1.29 is 18.7 Å². The van der Waals surface area contributed by atoms with E-state index < -0.39 is 17.9 Å². The normalized spacial score (nSPS) is 11.5. The zero-order valence-corrected chi connectivity index (χ0v) is 13.3. The lowest BCUT2D eigenvalue weighted by Crippen LogP contribution is -2.27. The Morgan fingerprint density at radius 3 is 2.58 bits per heavy atom. The number of ether oxygens (including phenoxy) is 1. The van der Waals surface area contributed by atoms with E-state index in [0.717, 1.165) is 0 Å². The fraction of sp³-hybridized carbons (Fsp3) is 0.176. The van der Waals surface area contributed by atoms with Gasteiger partial charge in [0.25, 0.3) is 5.91 Å². The van der Waals surface area contributed by atoms with Crippen LogP contribution in [-0.2, 0) is 0 Å². The second-order valence-corrected chi connectivity index (χ2v) is 5.16. The van der Waals surface area contributed by atoms with Gasteiger partial charge in [0.2, 0.25) is 0 Å². The van der Waals surface area contributed by atoms with Crippen molar-refractivity contribution in [2.24, 2.45) is 5.73 Å². The highest BCUT2D eigenvalue weighted by Crippen LogP contribution is 2.22. The van der Waals surface area contributed by atoms with Crippen LogP contribution in [0.5, 0.6) is 5.75 Å². The van der Waals surface area contributed by atoms with Crippen LogP contribution >= 0.6 is 0 Å². The molecule has 2 aromatic rings. The van der Waals surface area contributed by atoms with E-state index >= 15 is 0 Å². The van der Waals surface area contributed by atoms with Crippen molar-refractivity contribution in [2.45, 2.75) is 13.0 Å². The van der Waals surface area contributed by atoms with Gasteiger partial charge in [-0.25, -0.2) is 9.18 Å². The Labute approximate surface area is 138 Å². The molecule has 2 aromatic carbocycles. The maximum atomic E-state index is 13.8. The summed E-state index contributed by atoms with van der Waals surface area (Å²) in [6.45, 7) is 1.74. The molecule has 0 aliphatic carbocycles. The van der Waals surface area contributed by atoms with E-state index in [4.69, 9.17) is 10.5 Å². The van der Waals surface area contributed by atoms with Gasteiger partial charge in [0.15, 0.2) is 11.6 Å². The average Bonchev–Trinajstić information content (AvgIpc) is 2.54. The molecule has 0 saturated carbocycles. The van der Waals surface area contributed by atoms with E-state index in [1.165, 1.54) is 25.3 Å². The number of primary amides is 1. The summed E-state index contributed by atoms with van der Waals surface area (Å²) >= 11 is 0. The van der Waals surface area contributed by atoms with Crippen molar-refractivity contribution in [1.82, 2.24) is 5.32 Å². The number of carbonyl (C=O) groups is 2. The van der Waals surface area contributed by atoms with E-state index in [-0.39, 0.29) is 11.7 Å². The number of hydrogen-bond acceptors (Lipinski definition) is 3. The average molecular weight is 331 g/mol. The molecule has 0 fully saturated rings. The number of nitrogens with two attached hydrogens (primary N) is 1. The molecule has 0 saturated heterocycles. The Bertz CT molecular complexity index is 764. The summed E-state index contributed by atoms with van der Waals surface area (Å²) in [7, 11) is 1.39. The lowest BCUT2D eigenvalue weighted by Gasteiger charge is -2.15.